The molecule has 0 spiro atoms. The number of rotatable bonds is 5. The van der Waals surface area contributed by atoms with E-state index < -0.39 is 0 Å². The quantitative estimate of drug-likeness (QED) is 0.870. The number of hydrogen-bond donors (Lipinski definition) is 1. The monoisotopic (exact) mass is 271 g/mol. The van der Waals surface area contributed by atoms with Crippen LogP contribution in [0.25, 0.3) is 0 Å². The van der Waals surface area contributed by atoms with E-state index in [4.69, 9.17) is 0 Å². The van der Waals surface area contributed by atoms with Gasteiger partial charge in [0, 0.05) is 18.4 Å². The van der Waals surface area contributed by atoms with E-state index in [0.717, 1.165) is 24.6 Å². The molecular formula is C17H25N3. The van der Waals surface area contributed by atoms with Gasteiger partial charge in [0.05, 0.1) is 5.69 Å². The van der Waals surface area contributed by atoms with E-state index in [1.165, 1.54) is 16.8 Å². The van der Waals surface area contributed by atoms with E-state index in [1.807, 2.05) is 6.92 Å². The molecule has 0 radical (unpaired) electrons. The van der Waals surface area contributed by atoms with Crippen molar-refractivity contribution < 1.29 is 0 Å². The lowest BCUT2D eigenvalue weighted by molar-refractivity contribution is 0.527. The van der Waals surface area contributed by atoms with Crippen LogP contribution in [0.2, 0.25) is 0 Å². The molecule has 2 rings (SSSR count). The van der Waals surface area contributed by atoms with Crippen molar-refractivity contribution in [2.24, 2.45) is 5.92 Å². The van der Waals surface area contributed by atoms with Crippen LogP contribution >= 0.6 is 0 Å². The van der Waals surface area contributed by atoms with Gasteiger partial charge in [-0.25, -0.2) is 4.98 Å². The number of para-hydroxylation sites is 1. The molecule has 0 fully saturated rings. The van der Waals surface area contributed by atoms with Crippen LogP contribution in [0.5, 0.6) is 0 Å². The topological polar surface area (TPSA) is 29.9 Å². The van der Waals surface area contributed by atoms with Crippen LogP contribution in [0.3, 0.4) is 0 Å². The van der Waals surface area contributed by atoms with E-state index in [1.54, 1.807) is 0 Å². The standard InChI is InChI=1S/C17H25N3/c1-6-15-9-7-8-13(4)16(15)19-17-18-14(5)11-20(17)10-12(2)3/h7-9,11-12H,6,10H2,1-5H3,(H,18,19). The summed E-state index contributed by atoms with van der Waals surface area (Å²) in [4.78, 5) is 4.63. The summed E-state index contributed by atoms with van der Waals surface area (Å²) in [6.45, 7) is 11.8. The fourth-order valence-electron chi connectivity index (χ4n) is 2.49. The lowest BCUT2D eigenvalue weighted by Crippen LogP contribution is -2.09. The fraction of sp³-hybridized carbons (Fsp3) is 0.471. The number of benzene rings is 1. The van der Waals surface area contributed by atoms with Crippen molar-refractivity contribution in [3.63, 3.8) is 0 Å². The Morgan fingerprint density at radius 3 is 2.65 bits per heavy atom. The van der Waals surface area contributed by atoms with Crippen LogP contribution in [0.1, 0.15) is 37.6 Å². The van der Waals surface area contributed by atoms with Crippen LogP contribution in [-0.4, -0.2) is 9.55 Å². The summed E-state index contributed by atoms with van der Waals surface area (Å²) < 4.78 is 2.21. The van der Waals surface area contributed by atoms with Gasteiger partial charge in [0.25, 0.3) is 0 Å². The van der Waals surface area contributed by atoms with Gasteiger partial charge in [-0.3, -0.25) is 0 Å². The van der Waals surface area contributed by atoms with Crippen molar-refractivity contribution in [2.45, 2.75) is 47.6 Å². The smallest absolute Gasteiger partial charge is 0.207 e. The summed E-state index contributed by atoms with van der Waals surface area (Å²) >= 11 is 0. The second kappa shape index (κ2) is 6.12. The number of hydrogen-bond acceptors (Lipinski definition) is 2. The maximum atomic E-state index is 4.63. The molecule has 1 heterocycles. The second-order valence-electron chi connectivity index (χ2n) is 5.84. The zero-order valence-electron chi connectivity index (χ0n) is 13.2. The molecule has 2 aromatic rings. The SMILES string of the molecule is CCc1cccc(C)c1Nc1nc(C)cn1CC(C)C. The first-order valence-electron chi connectivity index (χ1n) is 7.40. The Balaban J connectivity index is 2.35. The summed E-state index contributed by atoms with van der Waals surface area (Å²) in [5.74, 6) is 1.55. The van der Waals surface area contributed by atoms with Crippen molar-refractivity contribution in [1.29, 1.82) is 0 Å². The average Bonchev–Trinajstić information content (AvgIpc) is 2.71. The molecule has 0 unspecified atom stereocenters. The number of aryl methyl sites for hydroxylation is 3. The Bertz CT molecular complexity index is 582. The Hall–Kier alpha value is -1.77. The minimum atomic E-state index is 0.603. The molecule has 1 aromatic carbocycles. The van der Waals surface area contributed by atoms with Crippen LogP contribution in [0.4, 0.5) is 11.6 Å². The molecule has 0 aliphatic heterocycles. The van der Waals surface area contributed by atoms with Crippen molar-refractivity contribution in [3.8, 4) is 0 Å². The average molecular weight is 271 g/mol. The number of anilines is 2. The maximum absolute atomic E-state index is 4.63. The minimum Gasteiger partial charge on any atom is -0.325 e. The molecule has 3 heteroatoms. The number of aromatic nitrogens is 2. The maximum Gasteiger partial charge on any atom is 0.207 e. The summed E-state index contributed by atoms with van der Waals surface area (Å²) in [5, 5.41) is 3.54. The Morgan fingerprint density at radius 2 is 2.00 bits per heavy atom. The molecule has 0 amide bonds. The molecule has 1 N–H and O–H groups in total. The molecular weight excluding hydrogens is 246 g/mol. The highest BCUT2D eigenvalue weighted by Gasteiger charge is 2.10. The zero-order chi connectivity index (χ0) is 14.7. The summed E-state index contributed by atoms with van der Waals surface area (Å²) in [5.41, 5.74) is 4.85. The summed E-state index contributed by atoms with van der Waals surface area (Å²) in [7, 11) is 0. The highest BCUT2D eigenvalue weighted by Crippen LogP contribution is 2.25. The van der Waals surface area contributed by atoms with Crippen molar-refractivity contribution >= 4 is 11.6 Å². The third kappa shape index (κ3) is 3.21. The highest BCUT2D eigenvalue weighted by molar-refractivity contribution is 5.63. The van der Waals surface area contributed by atoms with E-state index >= 15 is 0 Å². The predicted molar refractivity (Wildman–Crippen MR) is 85.6 cm³/mol. The van der Waals surface area contributed by atoms with Gasteiger partial charge < -0.3 is 9.88 Å². The van der Waals surface area contributed by atoms with Gasteiger partial charge in [-0.15, -0.1) is 0 Å². The number of nitrogens with one attached hydrogen (secondary N) is 1. The molecule has 3 nitrogen and oxygen atoms in total. The van der Waals surface area contributed by atoms with Crippen LogP contribution in [0.15, 0.2) is 24.4 Å². The highest BCUT2D eigenvalue weighted by atomic mass is 15.2. The molecule has 0 bridgehead atoms. The van der Waals surface area contributed by atoms with Crippen LogP contribution < -0.4 is 5.32 Å². The third-order valence-electron chi connectivity index (χ3n) is 3.44. The largest absolute Gasteiger partial charge is 0.325 e. The lowest BCUT2D eigenvalue weighted by Gasteiger charge is -2.16. The number of nitrogens with zero attached hydrogens (tertiary/aromatic N) is 2. The van der Waals surface area contributed by atoms with E-state index in [2.05, 4.69) is 67.0 Å². The van der Waals surface area contributed by atoms with E-state index in [0.29, 0.717) is 5.92 Å². The normalized spacial score (nSPS) is 11.1. The summed E-state index contributed by atoms with van der Waals surface area (Å²) in [6, 6.07) is 6.44. The fourth-order valence-corrected chi connectivity index (χ4v) is 2.49. The first-order chi connectivity index (χ1) is 9.51. The molecule has 0 saturated carbocycles. The first kappa shape index (κ1) is 14.6. The second-order valence-corrected chi connectivity index (χ2v) is 5.84. The third-order valence-corrected chi connectivity index (χ3v) is 3.44. The molecule has 0 saturated heterocycles. The van der Waals surface area contributed by atoms with Crippen LogP contribution in [-0.2, 0) is 13.0 Å². The predicted octanol–water partition coefficient (Wildman–Crippen LogP) is 4.46. The molecule has 0 aliphatic carbocycles. The van der Waals surface area contributed by atoms with Crippen LogP contribution in [0, 0.1) is 19.8 Å². The molecule has 108 valence electrons. The van der Waals surface area contributed by atoms with Gasteiger partial charge in [0.2, 0.25) is 5.95 Å². The van der Waals surface area contributed by atoms with E-state index in [-0.39, 0.29) is 0 Å². The van der Waals surface area contributed by atoms with E-state index in [9.17, 15) is 0 Å². The zero-order valence-corrected chi connectivity index (χ0v) is 13.2. The molecule has 20 heavy (non-hydrogen) atoms. The van der Waals surface area contributed by atoms with Gasteiger partial charge in [0.1, 0.15) is 0 Å². The molecule has 1 aromatic heterocycles. The molecule has 0 aliphatic rings. The first-order valence-corrected chi connectivity index (χ1v) is 7.40. The van der Waals surface area contributed by atoms with Gasteiger partial charge in [0.15, 0.2) is 0 Å². The van der Waals surface area contributed by atoms with Gasteiger partial charge >= 0.3 is 0 Å². The Morgan fingerprint density at radius 1 is 1.25 bits per heavy atom. The number of imidazole rings is 1. The summed E-state index contributed by atoms with van der Waals surface area (Å²) in [6.07, 6.45) is 3.14. The van der Waals surface area contributed by atoms with Gasteiger partial charge in [-0.05, 0) is 37.3 Å². The van der Waals surface area contributed by atoms with Crippen molar-refractivity contribution in [1.82, 2.24) is 9.55 Å². The lowest BCUT2D eigenvalue weighted by atomic mass is 10.1. The van der Waals surface area contributed by atoms with Crippen molar-refractivity contribution in [2.75, 3.05) is 5.32 Å². The Labute approximate surface area is 122 Å². The molecule has 0 atom stereocenters. The van der Waals surface area contributed by atoms with Gasteiger partial charge in [-0.1, -0.05) is 39.0 Å². The minimum absolute atomic E-state index is 0.603. The van der Waals surface area contributed by atoms with Gasteiger partial charge in [-0.2, -0.15) is 0 Å². The Kier molecular flexibility index (Phi) is 4.48. The van der Waals surface area contributed by atoms with Crippen molar-refractivity contribution in [3.05, 3.63) is 41.2 Å².